The summed E-state index contributed by atoms with van der Waals surface area (Å²) in [4.78, 5) is 19.2. The van der Waals surface area contributed by atoms with Gasteiger partial charge in [-0.05, 0) is 65.7 Å². The quantitative estimate of drug-likeness (QED) is 0.149. The van der Waals surface area contributed by atoms with E-state index in [1.54, 1.807) is 0 Å². The Morgan fingerprint density at radius 1 is 0.944 bits per heavy atom. The summed E-state index contributed by atoms with van der Waals surface area (Å²) in [5, 5.41) is 10.9. The fraction of sp³-hybridized carbons (Fsp3) is 0.233. The van der Waals surface area contributed by atoms with Gasteiger partial charge in [-0.3, -0.25) is 0 Å². The number of hydrogen-bond acceptors (Lipinski definition) is 3. The van der Waals surface area contributed by atoms with Crippen LogP contribution in [0.4, 0.5) is 0 Å². The molecule has 0 bridgehead atoms. The van der Waals surface area contributed by atoms with Gasteiger partial charge in [-0.25, -0.2) is 4.79 Å². The molecule has 0 aliphatic carbocycles. The van der Waals surface area contributed by atoms with Crippen molar-refractivity contribution < 1.29 is 14.6 Å². The molecule has 0 spiro atoms. The normalized spacial score (nSPS) is 13.1. The summed E-state index contributed by atoms with van der Waals surface area (Å²) in [5.41, 5.74) is 5.70. The molecule has 0 aliphatic rings. The summed E-state index contributed by atoms with van der Waals surface area (Å²) >= 11 is 0. The van der Waals surface area contributed by atoms with Crippen LogP contribution in [-0.4, -0.2) is 35.7 Å². The predicted octanol–water partition coefficient (Wildman–Crippen LogP) is 6.08. The number of aromatic nitrogens is 2. The average Bonchev–Trinajstić information content (AvgIpc) is 3.57. The molecule has 5 nitrogen and oxygen atoms in total. The van der Waals surface area contributed by atoms with Crippen LogP contribution in [0.2, 0.25) is 25.7 Å². The maximum atomic E-state index is 12.5. The minimum atomic E-state index is -1.26. The first-order valence-electron chi connectivity index (χ1n) is 12.1. The number of ether oxygens (including phenoxy) is 1. The fourth-order valence-electron chi connectivity index (χ4n) is 4.09. The van der Waals surface area contributed by atoms with E-state index in [2.05, 4.69) is 35.5 Å². The van der Waals surface area contributed by atoms with Gasteiger partial charge in [0.15, 0.2) is 0 Å². The van der Waals surface area contributed by atoms with Gasteiger partial charge in [0.25, 0.3) is 0 Å². The van der Waals surface area contributed by atoms with E-state index < -0.39 is 14.2 Å². The predicted molar refractivity (Wildman–Crippen MR) is 146 cm³/mol. The zero-order valence-corrected chi connectivity index (χ0v) is 21.9. The third kappa shape index (κ3) is 6.06. The number of terminal acetylenes is 1. The van der Waals surface area contributed by atoms with E-state index >= 15 is 0 Å². The molecule has 4 aromatic rings. The molecule has 0 saturated heterocycles. The summed E-state index contributed by atoms with van der Waals surface area (Å²) < 4.78 is 5.49. The van der Waals surface area contributed by atoms with Gasteiger partial charge in [-0.2, -0.15) is 0 Å². The zero-order chi connectivity index (χ0) is 25.7. The number of aliphatic hydroxyl groups excluding tert-OH is 1. The van der Waals surface area contributed by atoms with Crippen molar-refractivity contribution in [1.29, 1.82) is 0 Å². The van der Waals surface area contributed by atoms with E-state index in [0.29, 0.717) is 17.9 Å². The third-order valence-electron chi connectivity index (χ3n) is 6.23. The number of benzene rings is 2. The molecule has 0 amide bonds. The van der Waals surface area contributed by atoms with E-state index in [-0.39, 0.29) is 11.9 Å². The first-order chi connectivity index (χ1) is 17.2. The second-order valence-corrected chi connectivity index (χ2v) is 15.8. The van der Waals surface area contributed by atoms with E-state index in [9.17, 15) is 9.90 Å². The van der Waals surface area contributed by atoms with Crippen LogP contribution in [0.1, 0.15) is 56.2 Å². The Hall–Kier alpha value is -3.79. The summed E-state index contributed by atoms with van der Waals surface area (Å²) in [6, 6.07) is 23.7. The Balaban J connectivity index is 1.55. The third-order valence-corrected chi connectivity index (χ3v) is 7.93. The van der Waals surface area contributed by atoms with E-state index in [4.69, 9.17) is 11.2 Å². The van der Waals surface area contributed by atoms with Crippen molar-refractivity contribution in [3.63, 3.8) is 0 Å². The highest BCUT2D eigenvalue weighted by Gasteiger charge is 2.22. The first-order valence-corrected chi connectivity index (χ1v) is 15.8. The van der Waals surface area contributed by atoms with Gasteiger partial charge in [0.2, 0.25) is 0 Å². The minimum absolute atomic E-state index is 0.123. The van der Waals surface area contributed by atoms with Gasteiger partial charge in [-0.15, -0.1) is 6.42 Å². The van der Waals surface area contributed by atoms with Crippen molar-refractivity contribution in [2.75, 3.05) is 6.61 Å². The molecule has 0 aliphatic heterocycles. The van der Waals surface area contributed by atoms with Crippen LogP contribution in [-0.2, 0) is 4.74 Å². The molecular weight excluding hydrogens is 464 g/mol. The summed E-state index contributed by atoms with van der Waals surface area (Å²) in [5.74, 6) is 2.17. The largest absolute Gasteiger partial charge is 0.462 e. The van der Waals surface area contributed by atoms with E-state index in [1.807, 2.05) is 79.0 Å². The molecule has 4 rings (SSSR count). The van der Waals surface area contributed by atoms with Gasteiger partial charge in [0, 0.05) is 36.9 Å². The van der Waals surface area contributed by atoms with Crippen molar-refractivity contribution in [3.05, 3.63) is 118 Å². The molecule has 184 valence electrons. The Labute approximate surface area is 213 Å². The van der Waals surface area contributed by atoms with Gasteiger partial charge in [0.1, 0.15) is 6.10 Å². The Kier molecular flexibility index (Phi) is 7.63. The lowest BCUT2D eigenvalue weighted by Crippen LogP contribution is -2.22. The Morgan fingerprint density at radius 3 is 2.22 bits per heavy atom. The molecule has 2 aromatic heterocycles. The van der Waals surface area contributed by atoms with Gasteiger partial charge < -0.3 is 19.8 Å². The molecule has 0 saturated carbocycles. The number of carbonyl (C=O) groups excluding carboxylic acids is 1. The van der Waals surface area contributed by atoms with E-state index in [0.717, 1.165) is 34.1 Å². The molecule has 2 unspecified atom stereocenters. The van der Waals surface area contributed by atoms with Crippen molar-refractivity contribution >= 4 is 14.0 Å². The monoisotopic (exact) mass is 496 g/mol. The van der Waals surface area contributed by atoms with Gasteiger partial charge in [-0.1, -0.05) is 49.8 Å². The van der Waals surface area contributed by atoms with Crippen molar-refractivity contribution in [2.45, 2.75) is 37.7 Å². The highest BCUT2D eigenvalue weighted by Crippen LogP contribution is 2.32. The van der Waals surface area contributed by atoms with Crippen molar-refractivity contribution in [2.24, 2.45) is 0 Å². The zero-order valence-electron chi connectivity index (χ0n) is 20.9. The Bertz CT molecular complexity index is 1320. The maximum Gasteiger partial charge on any atom is 0.338 e. The molecule has 2 aromatic carbocycles. The van der Waals surface area contributed by atoms with Crippen LogP contribution in [0, 0.1) is 12.3 Å². The second kappa shape index (κ2) is 10.9. The number of rotatable bonds is 9. The molecule has 6 heteroatoms. The minimum Gasteiger partial charge on any atom is -0.462 e. The number of esters is 1. The molecular formula is C30H32N2O3Si. The number of carbonyl (C=O) groups is 1. The van der Waals surface area contributed by atoms with Crippen LogP contribution in [0.5, 0.6) is 0 Å². The number of aromatic amines is 2. The van der Waals surface area contributed by atoms with Crippen molar-refractivity contribution in [3.8, 4) is 12.3 Å². The highest BCUT2D eigenvalue weighted by molar-refractivity contribution is 6.76. The smallest absolute Gasteiger partial charge is 0.338 e. The number of aliphatic hydroxyl groups is 1. The average molecular weight is 497 g/mol. The maximum absolute atomic E-state index is 12.5. The molecule has 0 radical (unpaired) electrons. The van der Waals surface area contributed by atoms with Gasteiger partial charge >= 0.3 is 5.97 Å². The lowest BCUT2D eigenvalue weighted by atomic mass is 9.92. The van der Waals surface area contributed by atoms with Crippen LogP contribution >= 0.6 is 0 Å². The molecule has 2 atom stereocenters. The van der Waals surface area contributed by atoms with Crippen LogP contribution < -0.4 is 0 Å². The fourth-order valence-corrected chi connectivity index (χ4v) is 4.81. The van der Waals surface area contributed by atoms with Crippen LogP contribution in [0.3, 0.4) is 0 Å². The summed E-state index contributed by atoms with van der Waals surface area (Å²) in [7, 11) is -1.26. The van der Waals surface area contributed by atoms with Crippen LogP contribution in [0.25, 0.3) is 0 Å². The molecule has 36 heavy (non-hydrogen) atoms. The van der Waals surface area contributed by atoms with Crippen LogP contribution in [0.15, 0.2) is 79.0 Å². The molecule has 3 N–H and O–H groups in total. The standard InChI is InChI=1S/C30H32N2O3Si/c1-5-21-8-10-23(11-9-21)29(33)27-17-16-26(32-27)28(25-7-6-18-31-25)22-12-14-24(15-13-22)30(34)35-19-20-36(2,3)4/h1,6-18,28-29,31-33H,19-20H2,2-4H3. The lowest BCUT2D eigenvalue weighted by molar-refractivity contribution is 0.0525. The SMILES string of the molecule is C#Cc1ccc(C(O)c2ccc(C(c3ccc(C(=O)OCC[Si](C)(C)C)cc3)c3ccc[nH]3)[nH]2)cc1. The highest BCUT2D eigenvalue weighted by atomic mass is 28.3. The first kappa shape index (κ1) is 25.3. The number of nitrogens with one attached hydrogen (secondary N) is 2. The Morgan fingerprint density at radius 2 is 1.61 bits per heavy atom. The second-order valence-electron chi connectivity index (χ2n) is 10.2. The lowest BCUT2D eigenvalue weighted by Gasteiger charge is -2.17. The van der Waals surface area contributed by atoms with Crippen molar-refractivity contribution in [1.82, 2.24) is 9.97 Å². The molecule has 0 fully saturated rings. The summed E-state index contributed by atoms with van der Waals surface area (Å²) in [6.45, 7) is 7.24. The summed E-state index contributed by atoms with van der Waals surface area (Å²) in [6.07, 6.45) is 6.53. The van der Waals surface area contributed by atoms with E-state index in [1.165, 1.54) is 0 Å². The topological polar surface area (TPSA) is 78.1 Å². The van der Waals surface area contributed by atoms with Gasteiger partial charge in [0.05, 0.1) is 18.1 Å². The molecule has 2 heterocycles. The number of hydrogen-bond donors (Lipinski definition) is 3. The number of H-pyrrole nitrogens is 2.